The molecule has 5 heterocycles. The first-order chi connectivity index (χ1) is 18.0. The Morgan fingerprint density at radius 2 is 1.95 bits per heavy atom. The van der Waals surface area contributed by atoms with Crippen molar-refractivity contribution in [3.05, 3.63) is 70.3 Å². The van der Waals surface area contributed by atoms with Gasteiger partial charge in [0.25, 0.3) is 0 Å². The van der Waals surface area contributed by atoms with Crippen molar-refractivity contribution in [1.29, 1.82) is 0 Å². The van der Waals surface area contributed by atoms with E-state index in [9.17, 15) is 9.59 Å². The molecule has 1 N–H and O–H groups in total. The summed E-state index contributed by atoms with van der Waals surface area (Å²) in [4.78, 5) is 38.6. The zero-order valence-electron chi connectivity index (χ0n) is 20.0. The van der Waals surface area contributed by atoms with Crippen molar-refractivity contribution in [3.63, 3.8) is 0 Å². The lowest BCUT2D eigenvalue weighted by atomic mass is 10.0. The minimum Gasteiger partial charge on any atom is -0.420 e. The first-order valence-corrected chi connectivity index (χ1v) is 12.3. The number of hydrogen-bond acceptors (Lipinski definition) is 7. The van der Waals surface area contributed by atoms with Crippen LogP contribution in [0.5, 0.6) is 0 Å². The van der Waals surface area contributed by atoms with Crippen molar-refractivity contribution in [1.82, 2.24) is 39.2 Å². The summed E-state index contributed by atoms with van der Waals surface area (Å²) < 4.78 is 9.46. The Hall–Kier alpha value is -4.25. The molecule has 5 aromatic rings. The van der Waals surface area contributed by atoms with Crippen molar-refractivity contribution < 1.29 is 9.21 Å². The number of carbonyl (C=O) groups excluding carboxylic acids is 1. The van der Waals surface area contributed by atoms with Crippen LogP contribution in [0.15, 0.2) is 58.1 Å². The molecule has 1 aromatic carbocycles. The molecular formula is C25H23ClN8O3. The molecule has 0 atom stereocenters. The van der Waals surface area contributed by atoms with E-state index < -0.39 is 0 Å². The molecule has 6 rings (SSSR count). The minimum absolute atomic E-state index is 0.000230. The quantitative estimate of drug-likeness (QED) is 0.378. The van der Waals surface area contributed by atoms with Crippen LogP contribution in [0.25, 0.3) is 34.0 Å². The number of rotatable bonds is 5. The first-order valence-electron chi connectivity index (χ1n) is 11.9. The van der Waals surface area contributed by atoms with Gasteiger partial charge in [0.05, 0.1) is 5.52 Å². The smallest absolute Gasteiger partial charge is 0.327 e. The predicted molar refractivity (Wildman–Crippen MR) is 136 cm³/mol. The molecular weight excluding hydrogens is 496 g/mol. The van der Waals surface area contributed by atoms with Crippen LogP contribution in [0, 0.1) is 0 Å². The summed E-state index contributed by atoms with van der Waals surface area (Å²) in [6.07, 6.45) is 6.55. The molecule has 4 aromatic heterocycles. The lowest BCUT2D eigenvalue weighted by molar-refractivity contribution is -0.132. The summed E-state index contributed by atoms with van der Waals surface area (Å²) >= 11 is 6.34. The number of likely N-dealkylation sites (tertiary alicyclic amines) is 1. The number of benzene rings is 1. The van der Waals surface area contributed by atoms with Gasteiger partial charge in [0.15, 0.2) is 5.65 Å². The van der Waals surface area contributed by atoms with Crippen LogP contribution in [0.2, 0.25) is 5.02 Å². The number of nitrogens with zero attached hydrogens (tertiary/aromatic N) is 7. The highest BCUT2D eigenvalue weighted by atomic mass is 35.5. The molecule has 0 spiro atoms. The van der Waals surface area contributed by atoms with Gasteiger partial charge in [-0.05, 0) is 43.2 Å². The molecule has 1 aliphatic rings. The van der Waals surface area contributed by atoms with E-state index >= 15 is 0 Å². The van der Waals surface area contributed by atoms with Gasteiger partial charge in [0, 0.05) is 60.9 Å². The van der Waals surface area contributed by atoms with Crippen molar-refractivity contribution >= 4 is 28.7 Å². The fraction of sp³-hybridized carbons (Fsp3) is 0.280. The number of aromatic amines is 1. The van der Waals surface area contributed by atoms with E-state index in [1.165, 1.54) is 0 Å². The topological polar surface area (TPSA) is 128 Å². The summed E-state index contributed by atoms with van der Waals surface area (Å²) in [7, 11) is 1.90. The Morgan fingerprint density at radius 3 is 2.73 bits per heavy atom. The maximum Gasteiger partial charge on any atom is 0.327 e. The van der Waals surface area contributed by atoms with E-state index in [1.54, 1.807) is 27.9 Å². The van der Waals surface area contributed by atoms with Crippen LogP contribution < -0.4 is 5.69 Å². The summed E-state index contributed by atoms with van der Waals surface area (Å²) in [5.41, 5.74) is 2.65. The number of hydrogen-bond donors (Lipinski definition) is 1. The van der Waals surface area contributed by atoms with Gasteiger partial charge in [-0.2, -0.15) is 0 Å². The fourth-order valence-electron chi connectivity index (χ4n) is 4.86. The average molecular weight is 519 g/mol. The van der Waals surface area contributed by atoms with Gasteiger partial charge in [-0.1, -0.05) is 11.6 Å². The molecule has 0 aliphatic carbocycles. The molecule has 188 valence electrons. The number of amides is 1. The molecule has 11 nitrogen and oxygen atoms in total. The maximum atomic E-state index is 13.0. The van der Waals surface area contributed by atoms with Crippen LogP contribution in [0.4, 0.5) is 0 Å². The highest BCUT2D eigenvalue weighted by Gasteiger charge is 2.27. The fourth-order valence-corrected chi connectivity index (χ4v) is 5.10. The summed E-state index contributed by atoms with van der Waals surface area (Å²) in [5, 5.41) is 8.73. The van der Waals surface area contributed by atoms with E-state index in [4.69, 9.17) is 16.0 Å². The number of fused-ring (bicyclic) bond motifs is 1. The number of pyridine rings is 1. The summed E-state index contributed by atoms with van der Waals surface area (Å²) in [6, 6.07) is 9.12. The molecule has 0 radical (unpaired) electrons. The number of aryl methyl sites for hydroxylation is 1. The van der Waals surface area contributed by atoms with Crippen molar-refractivity contribution in [2.75, 3.05) is 13.1 Å². The SMILES string of the molecule is Cn1ccnc1-c1cc(Cl)cc(-c2nnc(CC(=O)N3CCC(n4c(=O)[nH]c5ncccc54)CC3)o2)c1. The maximum absolute atomic E-state index is 13.0. The Balaban J connectivity index is 1.13. The van der Waals surface area contributed by atoms with Gasteiger partial charge in [-0.25, -0.2) is 14.8 Å². The molecule has 0 bridgehead atoms. The minimum atomic E-state index is -0.177. The van der Waals surface area contributed by atoms with Gasteiger partial charge < -0.3 is 13.9 Å². The predicted octanol–water partition coefficient (Wildman–Crippen LogP) is 3.23. The van der Waals surface area contributed by atoms with E-state index in [1.807, 2.05) is 42.1 Å². The van der Waals surface area contributed by atoms with Crippen molar-refractivity contribution in [3.8, 4) is 22.8 Å². The van der Waals surface area contributed by atoms with Crippen LogP contribution in [-0.4, -0.2) is 58.2 Å². The summed E-state index contributed by atoms with van der Waals surface area (Å²) in [6.45, 7) is 1.07. The second-order valence-corrected chi connectivity index (χ2v) is 9.49. The molecule has 37 heavy (non-hydrogen) atoms. The number of nitrogens with one attached hydrogen (secondary N) is 1. The first kappa shape index (κ1) is 23.2. The Morgan fingerprint density at radius 1 is 1.14 bits per heavy atom. The van der Waals surface area contributed by atoms with Gasteiger partial charge in [-0.15, -0.1) is 10.2 Å². The number of carbonyl (C=O) groups is 1. The number of aromatic nitrogens is 7. The van der Waals surface area contributed by atoms with E-state index in [0.717, 1.165) is 16.9 Å². The molecule has 1 fully saturated rings. The monoisotopic (exact) mass is 518 g/mol. The lowest BCUT2D eigenvalue weighted by Gasteiger charge is -2.32. The van der Waals surface area contributed by atoms with Crippen molar-refractivity contribution in [2.24, 2.45) is 7.05 Å². The lowest BCUT2D eigenvalue weighted by Crippen LogP contribution is -2.41. The Kier molecular flexibility index (Phi) is 5.84. The molecule has 1 amide bonds. The van der Waals surface area contributed by atoms with Gasteiger partial charge in [0.2, 0.25) is 17.7 Å². The number of imidazole rings is 2. The third-order valence-electron chi connectivity index (χ3n) is 6.67. The van der Waals surface area contributed by atoms with Gasteiger partial charge in [-0.3, -0.25) is 14.3 Å². The highest BCUT2D eigenvalue weighted by molar-refractivity contribution is 6.31. The third kappa shape index (κ3) is 4.42. The number of H-pyrrole nitrogens is 1. The number of halogens is 1. The average Bonchev–Trinajstić information content (AvgIpc) is 3.62. The Bertz CT molecular complexity index is 1660. The molecule has 12 heteroatoms. The normalized spacial score (nSPS) is 14.5. The zero-order chi connectivity index (χ0) is 25.5. The van der Waals surface area contributed by atoms with Crippen molar-refractivity contribution in [2.45, 2.75) is 25.3 Å². The largest absolute Gasteiger partial charge is 0.420 e. The van der Waals surface area contributed by atoms with Crippen LogP contribution >= 0.6 is 11.6 Å². The van der Waals surface area contributed by atoms with Crippen LogP contribution in [0.1, 0.15) is 24.8 Å². The van der Waals surface area contributed by atoms with Crippen LogP contribution in [-0.2, 0) is 18.3 Å². The van der Waals surface area contributed by atoms with E-state index in [0.29, 0.717) is 42.2 Å². The van der Waals surface area contributed by atoms with Crippen LogP contribution in [0.3, 0.4) is 0 Å². The molecule has 0 unspecified atom stereocenters. The standard InChI is InChI=1S/C25H23ClN8O3/c1-32-10-7-28-23(32)15-11-16(13-17(26)12-15)24-31-30-20(37-24)14-21(35)33-8-4-18(5-9-33)34-19-3-2-6-27-22(19)29-25(34)36/h2-3,6-7,10-13,18H,4-5,8-9,14H2,1H3,(H,27,29,36). The van der Waals surface area contributed by atoms with Gasteiger partial charge in [0.1, 0.15) is 12.2 Å². The molecule has 0 saturated carbocycles. The highest BCUT2D eigenvalue weighted by Crippen LogP contribution is 2.29. The molecule has 1 aliphatic heterocycles. The third-order valence-corrected chi connectivity index (χ3v) is 6.88. The summed E-state index contributed by atoms with van der Waals surface area (Å²) in [5.74, 6) is 1.18. The van der Waals surface area contributed by atoms with E-state index in [-0.39, 0.29) is 35.8 Å². The molecule has 1 saturated heterocycles. The van der Waals surface area contributed by atoms with E-state index in [2.05, 4.69) is 25.1 Å². The second-order valence-electron chi connectivity index (χ2n) is 9.05. The second kappa shape index (κ2) is 9.32. The zero-order valence-corrected chi connectivity index (χ0v) is 20.7. The number of piperidine rings is 1. The Labute approximate surface area is 215 Å². The van der Waals surface area contributed by atoms with Gasteiger partial charge >= 0.3 is 5.69 Å².